The van der Waals surface area contributed by atoms with Gasteiger partial charge in [-0.2, -0.15) is 26.3 Å². The molecule has 0 spiro atoms. The SMILES string of the molecule is CCCCC(Oc1cc2c(cc1OC)C(N(Cc1cc(C(F)(F)F)cc(C(F)(F)F)c1)C(=O)OC)CC(C)N2C(=O)OCC)C(=O)OCC. The fraction of sp³-hybridized carbons (Fsp3) is 0.545. The molecule has 0 fully saturated rings. The molecule has 0 N–H and O–H groups in total. The molecule has 0 aliphatic carbocycles. The van der Waals surface area contributed by atoms with E-state index in [4.69, 9.17) is 23.7 Å². The Bertz CT molecular complexity index is 1450. The fourth-order valence-electron chi connectivity index (χ4n) is 5.58. The second kappa shape index (κ2) is 16.4. The van der Waals surface area contributed by atoms with E-state index in [2.05, 4.69) is 0 Å². The molecule has 49 heavy (non-hydrogen) atoms. The van der Waals surface area contributed by atoms with Crippen molar-refractivity contribution >= 4 is 23.8 Å². The highest BCUT2D eigenvalue weighted by atomic mass is 19.4. The summed E-state index contributed by atoms with van der Waals surface area (Å²) in [6, 6.07) is 2.12. The Morgan fingerprint density at radius 2 is 1.51 bits per heavy atom. The molecule has 16 heteroatoms. The minimum absolute atomic E-state index is 0.00234. The van der Waals surface area contributed by atoms with Crippen LogP contribution in [0.25, 0.3) is 0 Å². The number of carbonyl (C=O) groups is 3. The van der Waals surface area contributed by atoms with Crippen molar-refractivity contribution < 1.29 is 64.4 Å². The highest BCUT2D eigenvalue weighted by Crippen LogP contribution is 2.47. The van der Waals surface area contributed by atoms with Gasteiger partial charge in [-0.15, -0.1) is 0 Å². The summed E-state index contributed by atoms with van der Waals surface area (Å²) < 4.78 is 109. The molecule has 2 aromatic carbocycles. The first kappa shape index (κ1) is 39.1. The normalized spacial score (nSPS) is 16.7. The lowest BCUT2D eigenvalue weighted by atomic mass is 9.90. The number of benzene rings is 2. The number of rotatable bonds is 12. The Morgan fingerprint density at radius 3 is 2.02 bits per heavy atom. The maximum Gasteiger partial charge on any atom is 0.416 e. The van der Waals surface area contributed by atoms with Crippen molar-refractivity contribution in [3.8, 4) is 11.5 Å². The second-order valence-corrected chi connectivity index (χ2v) is 11.2. The lowest BCUT2D eigenvalue weighted by Crippen LogP contribution is -2.47. The molecular formula is C33H40F6N2O8. The monoisotopic (exact) mass is 706 g/mol. The topological polar surface area (TPSA) is 104 Å². The minimum atomic E-state index is -5.11. The molecule has 0 saturated carbocycles. The van der Waals surface area contributed by atoms with Crippen LogP contribution in [0.5, 0.6) is 11.5 Å². The molecule has 3 rings (SSSR count). The molecule has 10 nitrogen and oxygen atoms in total. The van der Waals surface area contributed by atoms with Crippen LogP contribution in [0.3, 0.4) is 0 Å². The lowest BCUT2D eigenvalue weighted by Gasteiger charge is -2.42. The van der Waals surface area contributed by atoms with E-state index in [0.717, 1.165) is 18.4 Å². The molecule has 272 valence electrons. The van der Waals surface area contributed by atoms with Crippen LogP contribution in [-0.4, -0.2) is 62.6 Å². The van der Waals surface area contributed by atoms with Gasteiger partial charge in [0.15, 0.2) is 17.6 Å². The highest BCUT2D eigenvalue weighted by molar-refractivity contribution is 5.91. The van der Waals surface area contributed by atoms with Gasteiger partial charge in [-0.25, -0.2) is 14.4 Å². The summed E-state index contributed by atoms with van der Waals surface area (Å²) >= 11 is 0. The van der Waals surface area contributed by atoms with Crippen molar-refractivity contribution in [2.75, 3.05) is 32.3 Å². The molecule has 0 saturated heterocycles. The molecule has 3 unspecified atom stereocenters. The Hall–Kier alpha value is -4.37. The van der Waals surface area contributed by atoms with E-state index in [0.29, 0.717) is 25.0 Å². The minimum Gasteiger partial charge on any atom is -0.493 e. The van der Waals surface area contributed by atoms with Gasteiger partial charge >= 0.3 is 30.5 Å². The Labute approximate surface area is 280 Å². The molecule has 0 bridgehead atoms. The first-order valence-corrected chi connectivity index (χ1v) is 15.6. The number of alkyl halides is 6. The summed E-state index contributed by atoms with van der Waals surface area (Å²) in [7, 11) is 2.33. The van der Waals surface area contributed by atoms with Crippen molar-refractivity contribution in [2.45, 2.75) is 90.5 Å². The Morgan fingerprint density at radius 1 is 0.898 bits per heavy atom. The lowest BCUT2D eigenvalue weighted by molar-refractivity contribution is -0.152. The summed E-state index contributed by atoms with van der Waals surface area (Å²) in [5.74, 6) is -0.522. The second-order valence-electron chi connectivity index (χ2n) is 11.2. The fourth-order valence-corrected chi connectivity index (χ4v) is 5.58. The van der Waals surface area contributed by atoms with Crippen LogP contribution in [0, 0.1) is 0 Å². The third-order valence-corrected chi connectivity index (χ3v) is 7.83. The van der Waals surface area contributed by atoms with Gasteiger partial charge in [0.1, 0.15) is 0 Å². The van der Waals surface area contributed by atoms with E-state index in [-0.39, 0.29) is 48.5 Å². The van der Waals surface area contributed by atoms with E-state index in [1.807, 2.05) is 6.92 Å². The van der Waals surface area contributed by atoms with Gasteiger partial charge in [0, 0.05) is 24.2 Å². The van der Waals surface area contributed by atoms with Crippen LogP contribution in [0.2, 0.25) is 0 Å². The summed E-state index contributed by atoms with van der Waals surface area (Å²) in [6.07, 6.45) is -11.5. The number of amides is 2. The Kier molecular flexibility index (Phi) is 13.0. The van der Waals surface area contributed by atoms with Crippen LogP contribution >= 0.6 is 0 Å². The van der Waals surface area contributed by atoms with Crippen LogP contribution < -0.4 is 14.4 Å². The maximum atomic E-state index is 13.7. The number of esters is 1. The van der Waals surface area contributed by atoms with Crippen LogP contribution in [-0.2, 0) is 37.9 Å². The van der Waals surface area contributed by atoms with Gasteiger partial charge in [0.2, 0.25) is 0 Å². The smallest absolute Gasteiger partial charge is 0.416 e. The van der Waals surface area contributed by atoms with Gasteiger partial charge in [0.05, 0.1) is 50.3 Å². The predicted octanol–water partition coefficient (Wildman–Crippen LogP) is 8.30. The van der Waals surface area contributed by atoms with Crippen molar-refractivity contribution in [3.63, 3.8) is 0 Å². The van der Waals surface area contributed by atoms with Gasteiger partial charge in [-0.1, -0.05) is 13.3 Å². The molecule has 1 heterocycles. The first-order valence-electron chi connectivity index (χ1n) is 15.6. The van der Waals surface area contributed by atoms with Crippen LogP contribution in [0.4, 0.5) is 41.6 Å². The van der Waals surface area contributed by atoms with Crippen molar-refractivity contribution in [3.05, 3.63) is 52.6 Å². The van der Waals surface area contributed by atoms with E-state index in [1.165, 1.54) is 24.1 Å². The van der Waals surface area contributed by atoms with Crippen molar-refractivity contribution in [1.82, 2.24) is 4.90 Å². The molecular weight excluding hydrogens is 666 g/mol. The number of nitrogens with zero attached hydrogens (tertiary/aromatic N) is 2. The van der Waals surface area contributed by atoms with E-state index >= 15 is 0 Å². The molecule has 0 aromatic heterocycles. The van der Waals surface area contributed by atoms with Crippen molar-refractivity contribution in [2.24, 2.45) is 0 Å². The number of hydrogen-bond donors (Lipinski definition) is 0. The number of hydrogen-bond acceptors (Lipinski definition) is 8. The van der Waals surface area contributed by atoms with E-state index in [9.17, 15) is 40.7 Å². The molecule has 0 radical (unpaired) electrons. The standard InChI is InChI=1S/C33H40F6N2O8/c1-7-10-11-26(29(42)47-8-2)49-28-17-25-23(16-27(28)45-5)24(12-19(4)41(25)31(44)48-9-3)40(30(43)46-6)18-20-13-21(32(34,35)36)15-22(14-20)33(37,38)39/h13-17,19,24,26H,7-12,18H2,1-6H3. The summed E-state index contributed by atoms with van der Waals surface area (Å²) in [5, 5.41) is 0. The summed E-state index contributed by atoms with van der Waals surface area (Å²) in [5.41, 5.74) is -3.18. The summed E-state index contributed by atoms with van der Waals surface area (Å²) in [6.45, 7) is 6.18. The average molecular weight is 707 g/mol. The summed E-state index contributed by atoms with van der Waals surface area (Å²) in [4.78, 5) is 41.6. The van der Waals surface area contributed by atoms with E-state index in [1.54, 1.807) is 20.8 Å². The zero-order valence-corrected chi connectivity index (χ0v) is 28.0. The quantitative estimate of drug-likeness (QED) is 0.123. The van der Waals surface area contributed by atoms with Gasteiger partial charge in [0.25, 0.3) is 0 Å². The largest absolute Gasteiger partial charge is 0.493 e. The number of carbonyl (C=O) groups excluding carboxylic acids is 3. The first-order chi connectivity index (χ1) is 23.0. The number of anilines is 1. The zero-order valence-electron chi connectivity index (χ0n) is 28.0. The molecule has 2 aromatic rings. The number of methoxy groups -OCH3 is 2. The number of fused-ring (bicyclic) bond motifs is 1. The zero-order chi connectivity index (χ0) is 36.7. The number of unbranched alkanes of at least 4 members (excludes halogenated alkanes) is 1. The molecule has 3 atom stereocenters. The Balaban J connectivity index is 2.24. The molecule has 1 aliphatic rings. The van der Waals surface area contributed by atoms with Gasteiger partial charge < -0.3 is 23.7 Å². The third-order valence-electron chi connectivity index (χ3n) is 7.83. The third kappa shape index (κ3) is 9.41. The predicted molar refractivity (Wildman–Crippen MR) is 164 cm³/mol. The molecule has 1 aliphatic heterocycles. The van der Waals surface area contributed by atoms with Crippen LogP contribution in [0.1, 0.15) is 81.7 Å². The molecule has 2 amide bonds. The number of ether oxygens (including phenoxy) is 5. The highest BCUT2D eigenvalue weighted by Gasteiger charge is 2.42. The number of halogens is 6. The van der Waals surface area contributed by atoms with Crippen LogP contribution in [0.15, 0.2) is 30.3 Å². The van der Waals surface area contributed by atoms with Crippen molar-refractivity contribution in [1.29, 1.82) is 0 Å². The van der Waals surface area contributed by atoms with E-state index < -0.39 is 71.9 Å². The van der Waals surface area contributed by atoms with Gasteiger partial charge in [-0.3, -0.25) is 9.80 Å². The average Bonchev–Trinajstić information content (AvgIpc) is 3.03. The van der Waals surface area contributed by atoms with Gasteiger partial charge in [-0.05, 0) is 69.9 Å². The maximum absolute atomic E-state index is 13.7.